The van der Waals surface area contributed by atoms with Crippen LogP contribution in [-0.2, 0) is 21.4 Å². The van der Waals surface area contributed by atoms with Gasteiger partial charge in [-0.1, -0.05) is 28.9 Å². The van der Waals surface area contributed by atoms with E-state index in [9.17, 15) is 13.2 Å². The average molecular weight is 498 g/mol. The van der Waals surface area contributed by atoms with E-state index in [1.807, 2.05) is 26.8 Å². The van der Waals surface area contributed by atoms with Crippen LogP contribution in [-0.4, -0.2) is 36.9 Å². The monoisotopic (exact) mass is 497 g/mol. The Morgan fingerprint density at radius 1 is 1.20 bits per heavy atom. The minimum Gasteiger partial charge on any atom is -0.467 e. The van der Waals surface area contributed by atoms with Gasteiger partial charge in [0, 0.05) is 13.1 Å². The molecule has 186 valence electrons. The van der Waals surface area contributed by atoms with Crippen LogP contribution in [0.4, 0.5) is 0 Å². The lowest BCUT2D eigenvalue weighted by molar-refractivity contribution is -0.126. The molecular weight excluding hydrogens is 466 g/mol. The SMILES string of the molecule is Cc1cc(C)c(/C=C/c2onc(C)c2S(=O)(=O)N2CCCC(C(=O)NCc3ccco3)C2)c(C)c1. The van der Waals surface area contributed by atoms with E-state index in [0.29, 0.717) is 30.8 Å². The van der Waals surface area contributed by atoms with Crippen molar-refractivity contribution in [2.24, 2.45) is 5.92 Å². The first-order valence-electron chi connectivity index (χ1n) is 11.7. The molecule has 1 atom stereocenters. The Labute approximate surface area is 206 Å². The van der Waals surface area contributed by atoms with Crippen LogP contribution in [0.3, 0.4) is 0 Å². The van der Waals surface area contributed by atoms with Gasteiger partial charge in [-0.05, 0) is 75.4 Å². The number of rotatable bonds is 7. The highest BCUT2D eigenvalue weighted by molar-refractivity contribution is 7.89. The topological polar surface area (TPSA) is 106 Å². The number of sulfonamides is 1. The van der Waals surface area contributed by atoms with Crippen molar-refractivity contribution >= 4 is 28.1 Å². The van der Waals surface area contributed by atoms with Gasteiger partial charge in [0.15, 0.2) is 10.7 Å². The smallest absolute Gasteiger partial charge is 0.248 e. The fraction of sp³-hybridized carbons (Fsp3) is 0.385. The van der Waals surface area contributed by atoms with Crippen molar-refractivity contribution in [3.8, 4) is 0 Å². The maximum absolute atomic E-state index is 13.6. The summed E-state index contributed by atoms with van der Waals surface area (Å²) in [6.07, 6.45) is 6.29. The zero-order chi connectivity index (χ0) is 25.2. The van der Waals surface area contributed by atoms with Crippen LogP contribution in [0.15, 0.2) is 44.4 Å². The third kappa shape index (κ3) is 5.41. The number of carbonyl (C=O) groups excluding carboxylic acids is 1. The Kier molecular flexibility index (Phi) is 7.28. The van der Waals surface area contributed by atoms with Crippen LogP contribution in [0.2, 0.25) is 0 Å². The summed E-state index contributed by atoms with van der Waals surface area (Å²) < 4.78 is 39.3. The Hall–Kier alpha value is -3.17. The number of nitrogens with one attached hydrogen (secondary N) is 1. The molecule has 2 aromatic heterocycles. The largest absolute Gasteiger partial charge is 0.467 e. The number of aryl methyl sites for hydroxylation is 4. The first-order valence-corrected chi connectivity index (χ1v) is 13.1. The van der Waals surface area contributed by atoms with Crippen LogP contribution in [0, 0.1) is 33.6 Å². The molecule has 1 fully saturated rings. The molecule has 8 nitrogen and oxygen atoms in total. The van der Waals surface area contributed by atoms with Gasteiger partial charge in [-0.25, -0.2) is 8.42 Å². The second-order valence-electron chi connectivity index (χ2n) is 9.11. The molecule has 4 rings (SSSR count). The normalized spacial score (nSPS) is 17.2. The number of nitrogens with zero attached hydrogens (tertiary/aromatic N) is 2. The molecule has 1 aliphatic heterocycles. The number of hydrogen-bond donors (Lipinski definition) is 1. The molecule has 0 bridgehead atoms. The van der Waals surface area contributed by atoms with E-state index in [2.05, 4.69) is 22.6 Å². The molecule has 1 aromatic carbocycles. The lowest BCUT2D eigenvalue weighted by atomic mass is 9.99. The summed E-state index contributed by atoms with van der Waals surface area (Å²) in [5, 5.41) is 6.78. The summed E-state index contributed by atoms with van der Waals surface area (Å²) in [6.45, 7) is 8.42. The zero-order valence-corrected chi connectivity index (χ0v) is 21.3. The van der Waals surface area contributed by atoms with Crippen molar-refractivity contribution in [3.63, 3.8) is 0 Å². The average Bonchev–Trinajstić information content (AvgIpc) is 3.46. The van der Waals surface area contributed by atoms with E-state index in [4.69, 9.17) is 8.94 Å². The van der Waals surface area contributed by atoms with Crippen molar-refractivity contribution < 1.29 is 22.2 Å². The van der Waals surface area contributed by atoms with E-state index >= 15 is 0 Å². The fourth-order valence-corrected chi connectivity index (χ4v) is 6.42. The number of furan rings is 1. The minimum atomic E-state index is -3.91. The Bertz CT molecular complexity index is 1320. The van der Waals surface area contributed by atoms with Gasteiger partial charge in [-0.15, -0.1) is 0 Å². The van der Waals surface area contributed by atoms with E-state index in [1.54, 1.807) is 31.4 Å². The summed E-state index contributed by atoms with van der Waals surface area (Å²) in [5.74, 6) is 0.208. The number of benzene rings is 1. The Morgan fingerprint density at radius 2 is 1.94 bits per heavy atom. The summed E-state index contributed by atoms with van der Waals surface area (Å²) in [5.41, 5.74) is 4.67. The van der Waals surface area contributed by atoms with Crippen LogP contribution in [0.25, 0.3) is 12.2 Å². The number of amides is 1. The molecule has 3 heterocycles. The first kappa shape index (κ1) is 24.9. The standard InChI is InChI=1S/C26H31N3O5S/c1-17-13-18(2)23(19(3)14-17)9-10-24-25(20(4)28-34-24)35(31,32)29-11-5-7-21(16-29)26(30)27-15-22-8-6-12-33-22/h6,8-10,12-14,21H,5,7,11,15-16H2,1-4H3,(H,27,30)/b10-9+. The van der Waals surface area contributed by atoms with Crippen molar-refractivity contribution in [2.75, 3.05) is 13.1 Å². The maximum atomic E-state index is 13.6. The van der Waals surface area contributed by atoms with E-state index in [-0.39, 0.29) is 29.7 Å². The third-order valence-electron chi connectivity index (χ3n) is 6.34. The molecule has 1 N–H and O–H groups in total. The van der Waals surface area contributed by atoms with Gasteiger partial charge in [-0.2, -0.15) is 4.31 Å². The highest BCUT2D eigenvalue weighted by atomic mass is 32.2. The predicted molar refractivity (Wildman–Crippen MR) is 133 cm³/mol. The first-order chi connectivity index (χ1) is 16.7. The predicted octanol–water partition coefficient (Wildman–Crippen LogP) is 4.39. The van der Waals surface area contributed by atoms with Crippen molar-refractivity contribution in [2.45, 2.75) is 52.0 Å². The zero-order valence-electron chi connectivity index (χ0n) is 20.5. The molecule has 0 radical (unpaired) electrons. The highest BCUT2D eigenvalue weighted by Gasteiger charge is 2.36. The molecule has 0 saturated carbocycles. The van der Waals surface area contributed by atoms with Crippen LogP contribution >= 0.6 is 0 Å². The van der Waals surface area contributed by atoms with Crippen LogP contribution < -0.4 is 5.32 Å². The second-order valence-corrected chi connectivity index (χ2v) is 11.0. The summed E-state index contributed by atoms with van der Waals surface area (Å²) in [6, 6.07) is 7.70. The third-order valence-corrected chi connectivity index (χ3v) is 8.37. The molecule has 9 heteroatoms. The van der Waals surface area contributed by atoms with Gasteiger partial charge in [0.05, 0.1) is 18.7 Å². The lowest BCUT2D eigenvalue weighted by Crippen LogP contribution is -2.45. The van der Waals surface area contributed by atoms with Gasteiger partial charge in [-0.3, -0.25) is 4.79 Å². The van der Waals surface area contributed by atoms with Gasteiger partial charge < -0.3 is 14.3 Å². The van der Waals surface area contributed by atoms with Crippen LogP contribution in [0.5, 0.6) is 0 Å². The molecule has 1 unspecified atom stereocenters. The molecular formula is C26H31N3O5S. The molecule has 3 aromatic rings. The van der Waals surface area contributed by atoms with Gasteiger partial charge in [0.2, 0.25) is 15.9 Å². The Balaban J connectivity index is 1.54. The summed E-state index contributed by atoms with van der Waals surface area (Å²) in [4.78, 5) is 12.8. The lowest BCUT2D eigenvalue weighted by Gasteiger charge is -2.31. The van der Waals surface area contributed by atoms with Crippen molar-refractivity contribution in [1.29, 1.82) is 0 Å². The molecule has 0 spiro atoms. The highest BCUT2D eigenvalue weighted by Crippen LogP contribution is 2.30. The molecule has 35 heavy (non-hydrogen) atoms. The number of carbonyl (C=O) groups is 1. The summed E-state index contributed by atoms with van der Waals surface area (Å²) >= 11 is 0. The van der Waals surface area contributed by atoms with Crippen LogP contribution in [0.1, 0.15) is 52.3 Å². The molecule has 1 amide bonds. The van der Waals surface area contributed by atoms with Gasteiger partial charge in [0.1, 0.15) is 11.5 Å². The van der Waals surface area contributed by atoms with E-state index < -0.39 is 15.9 Å². The van der Waals surface area contributed by atoms with Gasteiger partial charge >= 0.3 is 0 Å². The van der Waals surface area contributed by atoms with Gasteiger partial charge in [0.25, 0.3) is 0 Å². The number of hydrogen-bond acceptors (Lipinski definition) is 6. The molecule has 1 aliphatic rings. The number of piperidine rings is 1. The molecule has 1 saturated heterocycles. The quantitative estimate of drug-likeness (QED) is 0.519. The number of aromatic nitrogens is 1. The second kappa shape index (κ2) is 10.2. The Morgan fingerprint density at radius 3 is 2.63 bits per heavy atom. The minimum absolute atomic E-state index is 0.0489. The van der Waals surface area contributed by atoms with E-state index in [0.717, 1.165) is 16.7 Å². The molecule has 0 aliphatic carbocycles. The maximum Gasteiger partial charge on any atom is 0.248 e. The summed E-state index contributed by atoms with van der Waals surface area (Å²) in [7, 11) is -3.91. The fourth-order valence-electron chi connectivity index (χ4n) is 4.65. The van der Waals surface area contributed by atoms with E-state index in [1.165, 1.54) is 9.87 Å². The van der Waals surface area contributed by atoms with Crippen molar-refractivity contribution in [1.82, 2.24) is 14.8 Å². The van der Waals surface area contributed by atoms with Crippen molar-refractivity contribution in [3.05, 3.63) is 70.0 Å².